The number of phenolic OH excluding ortho intramolecular Hbond substituents is 1. The van der Waals surface area contributed by atoms with Crippen molar-refractivity contribution in [3.8, 4) is 28.1 Å². The molecule has 2 aliphatic heterocycles. The van der Waals surface area contributed by atoms with Gasteiger partial charge in [0.2, 0.25) is 0 Å². The molecule has 2 saturated heterocycles. The minimum atomic E-state index is -1.05. The lowest BCUT2D eigenvalue weighted by molar-refractivity contribution is -0.0175. The molecule has 4 heterocycles. The van der Waals surface area contributed by atoms with E-state index >= 15 is 0 Å². The molecule has 2 aliphatic rings. The first-order valence-electron chi connectivity index (χ1n) is 9.95. The number of hydrogen-bond acceptors (Lipinski definition) is 7. The summed E-state index contributed by atoms with van der Waals surface area (Å²) in [6.45, 7) is 0.993. The molecule has 0 saturated carbocycles. The Morgan fingerprint density at radius 2 is 2.07 bits per heavy atom. The predicted octanol–water partition coefficient (Wildman–Crippen LogP) is 2.14. The molecule has 8 nitrogen and oxygen atoms in total. The molecule has 0 amide bonds. The van der Waals surface area contributed by atoms with E-state index in [0.29, 0.717) is 36.7 Å². The van der Waals surface area contributed by atoms with Gasteiger partial charge in [0.05, 0.1) is 49.6 Å². The maximum Gasteiger partial charge on any atom is 0.147 e. The number of aromatic amines is 1. The number of aromatic hydroxyl groups is 1. The lowest BCUT2D eigenvalue weighted by atomic mass is 9.90. The van der Waals surface area contributed by atoms with Crippen molar-refractivity contribution in [2.75, 3.05) is 25.2 Å². The third kappa shape index (κ3) is 3.40. The quantitative estimate of drug-likeness (QED) is 0.606. The lowest BCUT2D eigenvalue weighted by Crippen LogP contribution is -2.65. The van der Waals surface area contributed by atoms with Gasteiger partial charge in [0.25, 0.3) is 0 Å². The highest BCUT2D eigenvalue weighted by molar-refractivity contribution is 5.73. The van der Waals surface area contributed by atoms with E-state index in [1.807, 2.05) is 18.0 Å². The van der Waals surface area contributed by atoms with Crippen LogP contribution in [0.5, 0.6) is 5.75 Å². The van der Waals surface area contributed by atoms with Gasteiger partial charge in [-0.25, -0.2) is 9.37 Å². The highest BCUT2D eigenvalue weighted by Gasteiger charge is 2.42. The van der Waals surface area contributed by atoms with Gasteiger partial charge in [-0.2, -0.15) is 5.10 Å². The average Bonchev–Trinajstić information content (AvgIpc) is 3.31. The second-order valence-electron chi connectivity index (χ2n) is 7.84. The molecule has 30 heavy (non-hydrogen) atoms. The highest BCUT2D eigenvalue weighted by atomic mass is 19.1. The van der Waals surface area contributed by atoms with E-state index in [1.165, 1.54) is 0 Å². The highest BCUT2D eigenvalue weighted by Crippen LogP contribution is 2.33. The van der Waals surface area contributed by atoms with Gasteiger partial charge in [-0.05, 0) is 24.1 Å². The van der Waals surface area contributed by atoms with Gasteiger partial charge in [-0.1, -0.05) is 6.07 Å². The number of hydrogen-bond donors (Lipinski definition) is 3. The monoisotopic (exact) mass is 410 g/mol. The van der Waals surface area contributed by atoms with E-state index in [2.05, 4.69) is 25.5 Å². The van der Waals surface area contributed by atoms with Crippen LogP contribution in [0.4, 0.5) is 10.2 Å². The van der Waals surface area contributed by atoms with Gasteiger partial charge >= 0.3 is 0 Å². The second kappa shape index (κ2) is 7.66. The molecule has 9 heteroatoms. The summed E-state index contributed by atoms with van der Waals surface area (Å²) in [7, 11) is 1.85. The summed E-state index contributed by atoms with van der Waals surface area (Å²) in [6, 6.07) is 4.95. The van der Waals surface area contributed by atoms with Gasteiger partial charge in [-0.3, -0.25) is 10.1 Å². The minimum absolute atomic E-state index is 0.110. The summed E-state index contributed by atoms with van der Waals surface area (Å²) >= 11 is 0. The third-order valence-electron chi connectivity index (χ3n) is 5.95. The molecule has 5 rings (SSSR count). The number of nitrogens with zero attached hydrogens (tertiary/aromatic N) is 4. The molecule has 2 aromatic heterocycles. The molecule has 3 N–H and O–H groups in total. The number of phenols is 1. The molecule has 156 valence electrons. The van der Waals surface area contributed by atoms with Gasteiger partial charge in [0, 0.05) is 30.4 Å². The standard InChI is InChI=1S/C21H23FN6O2/c1-28(18-5-14-10-30-11-17(27-14)21(18)22)20-9-23-16(8-24-20)15-3-2-12(4-19(15)29)13-6-25-26-7-13/h2-4,6-9,14,17-18,21,27,29H,5,10-11H2,1H3,(H,25,26)/t14?,17?,18-,21+/m1/s1. The van der Waals surface area contributed by atoms with Crippen LogP contribution >= 0.6 is 0 Å². The number of rotatable bonds is 4. The molecule has 3 aromatic rings. The predicted molar refractivity (Wildman–Crippen MR) is 110 cm³/mol. The Kier molecular flexibility index (Phi) is 4.84. The van der Waals surface area contributed by atoms with Crippen molar-refractivity contribution >= 4 is 5.82 Å². The third-order valence-corrected chi connectivity index (χ3v) is 5.95. The maximum absolute atomic E-state index is 14.9. The van der Waals surface area contributed by atoms with E-state index in [0.717, 1.165) is 11.1 Å². The fourth-order valence-electron chi connectivity index (χ4n) is 4.27. The van der Waals surface area contributed by atoms with Gasteiger partial charge in [-0.15, -0.1) is 0 Å². The Morgan fingerprint density at radius 1 is 1.17 bits per heavy atom. The molecule has 0 aliphatic carbocycles. The number of anilines is 1. The van der Waals surface area contributed by atoms with Crippen LogP contribution in [0.3, 0.4) is 0 Å². The topological polar surface area (TPSA) is 99.2 Å². The van der Waals surface area contributed by atoms with Crippen LogP contribution in [0.25, 0.3) is 22.4 Å². The largest absolute Gasteiger partial charge is 0.507 e. The van der Waals surface area contributed by atoms with Crippen LogP contribution in [0.1, 0.15) is 6.42 Å². The zero-order valence-electron chi connectivity index (χ0n) is 16.5. The number of H-pyrrole nitrogens is 1. The Hall–Kier alpha value is -3.04. The lowest BCUT2D eigenvalue weighted by Gasteiger charge is -2.45. The Bertz CT molecular complexity index is 1010. The Labute approximate surface area is 173 Å². The summed E-state index contributed by atoms with van der Waals surface area (Å²) in [5, 5.41) is 20.5. The number of benzene rings is 1. The molecular formula is C21H23FN6O2. The van der Waals surface area contributed by atoms with Crippen molar-refractivity contribution in [3.05, 3.63) is 43.0 Å². The van der Waals surface area contributed by atoms with Crippen molar-refractivity contribution < 1.29 is 14.2 Å². The number of piperidine rings is 1. The first-order chi connectivity index (χ1) is 14.6. The smallest absolute Gasteiger partial charge is 0.147 e. The molecule has 2 unspecified atom stereocenters. The summed E-state index contributed by atoms with van der Waals surface area (Å²) in [6.07, 6.45) is 6.29. The number of nitrogens with one attached hydrogen (secondary N) is 2. The van der Waals surface area contributed by atoms with Crippen molar-refractivity contribution in [1.82, 2.24) is 25.5 Å². The molecule has 2 fully saturated rings. The number of morpholine rings is 1. The first-order valence-corrected chi connectivity index (χ1v) is 9.95. The molecule has 2 bridgehead atoms. The summed E-state index contributed by atoms with van der Waals surface area (Å²) in [4.78, 5) is 10.8. The molecule has 0 radical (unpaired) electrons. The number of aromatic nitrogens is 4. The molecule has 4 atom stereocenters. The summed E-state index contributed by atoms with van der Waals surface area (Å²) < 4.78 is 20.4. The van der Waals surface area contributed by atoms with Crippen LogP contribution in [0.15, 0.2) is 43.0 Å². The average molecular weight is 410 g/mol. The zero-order chi connectivity index (χ0) is 20.7. The summed E-state index contributed by atoms with van der Waals surface area (Å²) in [5.74, 6) is 0.709. The fraction of sp³-hybridized carbons (Fsp3) is 0.381. The van der Waals surface area contributed by atoms with Crippen LogP contribution in [-0.2, 0) is 4.74 Å². The van der Waals surface area contributed by atoms with Gasteiger partial charge in [0.15, 0.2) is 0 Å². The van der Waals surface area contributed by atoms with Crippen LogP contribution in [0, 0.1) is 0 Å². The van der Waals surface area contributed by atoms with Crippen molar-refractivity contribution in [2.45, 2.75) is 30.7 Å². The molecular weight excluding hydrogens is 387 g/mol. The van der Waals surface area contributed by atoms with E-state index in [1.54, 1.807) is 36.9 Å². The van der Waals surface area contributed by atoms with E-state index in [4.69, 9.17) is 4.74 Å². The second-order valence-corrected chi connectivity index (χ2v) is 7.84. The van der Waals surface area contributed by atoms with Crippen LogP contribution in [-0.4, -0.2) is 69.8 Å². The number of fused-ring (bicyclic) bond motifs is 2. The SMILES string of the molecule is CN(c1cnc(-c2ccc(-c3cn[nH]c3)cc2O)cn1)[C@@H]1CC2COCC(N2)[C@@H]1F. The van der Waals surface area contributed by atoms with Crippen molar-refractivity contribution in [1.29, 1.82) is 0 Å². The zero-order valence-corrected chi connectivity index (χ0v) is 16.5. The van der Waals surface area contributed by atoms with Crippen molar-refractivity contribution in [2.24, 2.45) is 0 Å². The fourth-order valence-corrected chi connectivity index (χ4v) is 4.27. The molecule has 0 spiro atoms. The summed E-state index contributed by atoms with van der Waals surface area (Å²) in [5.41, 5.74) is 2.87. The van der Waals surface area contributed by atoms with Crippen molar-refractivity contribution in [3.63, 3.8) is 0 Å². The Balaban J connectivity index is 1.35. The van der Waals surface area contributed by atoms with E-state index in [-0.39, 0.29) is 23.9 Å². The first kappa shape index (κ1) is 19.0. The maximum atomic E-state index is 14.9. The van der Waals surface area contributed by atoms with E-state index in [9.17, 15) is 9.50 Å². The minimum Gasteiger partial charge on any atom is -0.507 e. The normalized spacial score (nSPS) is 25.8. The number of halogens is 1. The number of ether oxygens (including phenoxy) is 1. The molecule has 1 aromatic carbocycles. The van der Waals surface area contributed by atoms with Gasteiger partial charge < -0.3 is 20.1 Å². The Morgan fingerprint density at radius 3 is 2.80 bits per heavy atom. The number of alkyl halides is 1. The van der Waals surface area contributed by atoms with E-state index < -0.39 is 6.17 Å². The van der Waals surface area contributed by atoms with Gasteiger partial charge in [0.1, 0.15) is 17.7 Å². The van der Waals surface area contributed by atoms with Crippen LogP contribution in [0.2, 0.25) is 0 Å². The van der Waals surface area contributed by atoms with Crippen LogP contribution < -0.4 is 10.2 Å².